The molecule has 1 heteroatoms. The van der Waals surface area contributed by atoms with Crippen LogP contribution in [-0.4, -0.2) is 8.07 Å². The fraction of sp³-hybridized carbons (Fsp3) is 0.467. The van der Waals surface area contributed by atoms with Gasteiger partial charge in [-0.1, -0.05) is 49.5 Å². The van der Waals surface area contributed by atoms with Gasteiger partial charge in [-0.2, -0.15) is 0 Å². The van der Waals surface area contributed by atoms with Gasteiger partial charge >= 0.3 is 0 Å². The minimum absolute atomic E-state index is 1.01. The molecule has 0 spiro atoms. The highest BCUT2D eigenvalue weighted by molar-refractivity contribution is 6.77. The third-order valence-electron chi connectivity index (χ3n) is 3.33. The van der Waals surface area contributed by atoms with E-state index >= 15 is 0 Å². The lowest BCUT2D eigenvalue weighted by atomic mass is 9.87. The van der Waals surface area contributed by atoms with Crippen molar-refractivity contribution in [2.45, 2.75) is 45.5 Å². The lowest BCUT2D eigenvalue weighted by Crippen LogP contribution is -2.21. The number of benzene rings is 1. The Morgan fingerprint density at radius 2 is 1.75 bits per heavy atom. The van der Waals surface area contributed by atoms with E-state index in [9.17, 15) is 0 Å². The Morgan fingerprint density at radius 1 is 1.06 bits per heavy atom. The first kappa shape index (κ1) is 11.7. The Hall–Kier alpha value is -0.823. The molecule has 0 saturated heterocycles. The first-order valence-corrected chi connectivity index (χ1v) is 9.95. The van der Waals surface area contributed by atoms with E-state index in [2.05, 4.69) is 50.8 Å². The minimum atomic E-state index is -1.01. The summed E-state index contributed by atoms with van der Waals surface area (Å²) >= 11 is 0. The number of rotatable bonds is 2. The summed E-state index contributed by atoms with van der Waals surface area (Å²) in [5, 5.41) is 0. The van der Waals surface area contributed by atoms with Gasteiger partial charge in [-0.25, -0.2) is 0 Å². The molecule has 0 unspecified atom stereocenters. The second kappa shape index (κ2) is 4.21. The van der Waals surface area contributed by atoms with Gasteiger partial charge in [-0.3, -0.25) is 0 Å². The maximum absolute atomic E-state index is 2.46. The molecular formula is C15H22Si. The first-order valence-electron chi connectivity index (χ1n) is 6.24. The molecule has 0 radical (unpaired) electrons. The molecule has 16 heavy (non-hydrogen) atoms. The van der Waals surface area contributed by atoms with Crippen LogP contribution in [0.2, 0.25) is 25.7 Å². The van der Waals surface area contributed by atoms with E-state index in [0.717, 1.165) is 0 Å². The Balaban J connectivity index is 2.42. The van der Waals surface area contributed by atoms with Crippen LogP contribution in [0.3, 0.4) is 0 Å². The highest BCUT2D eigenvalue weighted by Crippen LogP contribution is 2.36. The third-order valence-corrected chi connectivity index (χ3v) is 4.75. The Labute approximate surface area is 100 Å². The Kier molecular flexibility index (Phi) is 3.07. The van der Waals surface area contributed by atoms with E-state index in [1.54, 1.807) is 16.7 Å². The molecule has 0 fully saturated rings. The van der Waals surface area contributed by atoms with E-state index in [0.29, 0.717) is 0 Å². The van der Waals surface area contributed by atoms with Crippen LogP contribution in [0.4, 0.5) is 0 Å². The van der Waals surface area contributed by atoms with Crippen molar-refractivity contribution in [3.05, 3.63) is 41.0 Å². The molecule has 1 aromatic carbocycles. The maximum Gasteiger partial charge on any atom is 0.0487 e. The summed E-state index contributed by atoms with van der Waals surface area (Å²) in [5.74, 6) is 0. The monoisotopic (exact) mass is 230 g/mol. The molecular weight excluding hydrogens is 208 g/mol. The quantitative estimate of drug-likeness (QED) is 0.643. The summed E-state index contributed by atoms with van der Waals surface area (Å²) in [6.45, 7) is 9.71. The van der Waals surface area contributed by atoms with Gasteiger partial charge in [0.2, 0.25) is 0 Å². The molecule has 0 N–H and O–H groups in total. The van der Waals surface area contributed by atoms with Crippen LogP contribution in [0.15, 0.2) is 29.8 Å². The topological polar surface area (TPSA) is 0 Å². The van der Waals surface area contributed by atoms with Gasteiger partial charge in [0.15, 0.2) is 0 Å². The number of hydrogen-bond donors (Lipinski definition) is 0. The summed E-state index contributed by atoms with van der Waals surface area (Å²) < 4.78 is 0. The molecule has 86 valence electrons. The van der Waals surface area contributed by atoms with Crippen LogP contribution in [-0.2, 0) is 6.42 Å². The predicted molar refractivity (Wildman–Crippen MR) is 75.5 cm³/mol. The standard InChI is InChI=1S/C15H22Si/c1-12-9-10-13-7-5-6-8-14(13)15(12)11-16(2,3)4/h5-8H,9-11H2,1-4H3. The zero-order valence-corrected chi connectivity index (χ0v) is 11.9. The van der Waals surface area contributed by atoms with Crippen molar-refractivity contribution < 1.29 is 0 Å². The summed E-state index contributed by atoms with van der Waals surface area (Å²) in [6.07, 6.45) is 2.49. The van der Waals surface area contributed by atoms with Crippen molar-refractivity contribution >= 4 is 13.6 Å². The average molecular weight is 230 g/mol. The van der Waals surface area contributed by atoms with Gasteiger partial charge in [-0.15, -0.1) is 0 Å². The fourth-order valence-corrected chi connectivity index (χ4v) is 4.06. The van der Waals surface area contributed by atoms with Crippen LogP contribution < -0.4 is 0 Å². The minimum Gasteiger partial charge on any atom is -0.0695 e. The zero-order valence-electron chi connectivity index (χ0n) is 10.9. The molecule has 0 aliphatic heterocycles. The lowest BCUT2D eigenvalue weighted by molar-refractivity contribution is 0.914. The number of fused-ring (bicyclic) bond motifs is 1. The van der Waals surface area contributed by atoms with Crippen molar-refractivity contribution in [3.63, 3.8) is 0 Å². The maximum atomic E-state index is 2.46. The molecule has 1 aliphatic carbocycles. The number of allylic oxidation sites excluding steroid dienone is 2. The third kappa shape index (κ3) is 2.46. The fourth-order valence-electron chi connectivity index (χ4n) is 2.51. The highest BCUT2D eigenvalue weighted by Gasteiger charge is 2.22. The van der Waals surface area contributed by atoms with Gasteiger partial charge in [0.05, 0.1) is 0 Å². The molecule has 0 saturated carbocycles. The largest absolute Gasteiger partial charge is 0.0695 e. The van der Waals surface area contributed by atoms with E-state index in [1.807, 2.05) is 0 Å². The van der Waals surface area contributed by atoms with Gasteiger partial charge < -0.3 is 0 Å². The Morgan fingerprint density at radius 3 is 2.44 bits per heavy atom. The summed E-state index contributed by atoms with van der Waals surface area (Å²) in [4.78, 5) is 0. The Bertz CT molecular complexity index is 421. The van der Waals surface area contributed by atoms with Crippen LogP contribution in [0.25, 0.3) is 5.57 Å². The van der Waals surface area contributed by atoms with E-state index < -0.39 is 8.07 Å². The van der Waals surface area contributed by atoms with Crippen LogP contribution in [0, 0.1) is 0 Å². The van der Waals surface area contributed by atoms with E-state index in [-0.39, 0.29) is 0 Å². The van der Waals surface area contributed by atoms with Gasteiger partial charge in [0, 0.05) is 8.07 Å². The van der Waals surface area contributed by atoms with Gasteiger partial charge in [-0.05, 0) is 42.5 Å². The predicted octanol–water partition coefficient (Wildman–Crippen LogP) is 4.74. The van der Waals surface area contributed by atoms with Crippen LogP contribution >= 0.6 is 0 Å². The second-order valence-electron chi connectivity index (χ2n) is 6.15. The second-order valence-corrected chi connectivity index (χ2v) is 11.6. The van der Waals surface area contributed by atoms with E-state index in [1.165, 1.54) is 24.4 Å². The van der Waals surface area contributed by atoms with Crippen molar-refractivity contribution in [2.75, 3.05) is 0 Å². The van der Waals surface area contributed by atoms with Gasteiger partial charge in [0.1, 0.15) is 0 Å². The van der Waals surface area contributed by atoms with Crippen LogP contribution in [0.1, 0.15) is 24.5 Å². The SMILES string of the molecule is CC1=C(C[Si](C)(C)C)c2ccccc2CC1. The number of aryl methyl sites for hydroxylation is 1. The van der Waals surface area contributed by atoms with Crippen molar-refractivity contribution in [1.82, 2.24) is 0 Å². The molecule has 0 atom stereocenters. The highest BCUT2D eigenvalue weighted by atomic mass is 28.3. The smallest absolute Gasteiger partial charge is 0.0487 e. The van der Waals surface area contributed by atoms with Crippen molar-refractivity contribution in [3.8, 4) is 0 Å². The molecule has 0 nitrogen and oxygen atoms in total. The van der Waals surface area contributed by atoms with E-state index in [4.69, 9.17) is 0 Å². The molecule has 2 rings (SSSR count). The number of hydrogen-bond acceptors (Lipinski definition) is 0. The molecule has 1 aromatic rings. The van der Waals surface area contributed by atoms with Crippen molar-refractivity contribution in [1.29, 1.82) is 0 Å². The molecule has 0 heterocycles. The van der Waals surface area contributed by atoms with Gasteiger partial charge in [0.25, 0.3) is 0 Å². The molecule has 1 aliphatic rings. The summed E-state index contributed by atoms with van der Waals surface area (Å²) in [7, 11) is -1.01. The van der Waals surface area contributed by atoms with Crippen molar-refractivity contribution in [2.24, 2.45) is 0 Å². The molecule has 0 bridgehead atoms. The summed E-state index contributed by atoms with van der Waals surface area (Å²) in [5.41, 5.74) is 6.37. The van der Waals surface area contributed by atoms with Crippen LogP contribution in [0.5, 0.6) is 0 Å². The molecule has 0 aromatic heterocycles. The first-order chi connectivity index (χ1) is 7.47. The zero-order chi connectivity index (χ0) is 11.8. The lowest BCUT2D eigenvalue weighted by Gasteiger charge is -2.26. The average Bonchev–Trinajstić information content (AvgIpc) is 2.21. The summed E-state index contributed by atoms with van der Waals surface area (Å²) in [6, 6.07) is 10.3. The molecule has 0 amide bonds. The normalized spacial score (nSPS) is 16.2.